The SMILES string of the molecule is CSC(=S)N(C)NC(=O)Nc1c(-c2c(Cl)cccc2Cl)noc1C. The number of nitrogens with zero attached hydrogens (tertiary/aromatic N) is 2. The zero-order chi connectivity index (χ0) is 17.9. The maximum Gasteiger partial charge on any atom is 0.338 e. The van der Waals surface area contributed by atoms with Crippen LogP contribution in [-0.2, 0) is 0 Å². The molecule has 0 spiro atoms. The van der Waals surface area contributed by atoms with Gasteiger partial charge in [-0.3, -0.25) is 5.01 Å². The smallest absolute Gasteiger partial charge is 0.338 e. The number of nitrogens with one attached hydrogen (secondary N) is 2. The van der Waals surface area contributed by atoms with Gasteiger partial charge in [0.25, 0.3) is 0 Å². The van der Waals surface area contributed by atoms with E-state index in [-0.39, 0.29) is 0 Å². The van der Waals surface area contributed by atoms with Gasteiger partial charge in [-0.05, 0) is 25.3 Å². The van der Waals surface area contributed by atoms with Crippen molar-refractivity contribution in [3.8, 4) is 11.3 Å². The first-order valence-corrected chi connectivity index (χ1v) is 9.04. The van der Waals surface area contributed by atoms with Crippen LogP contribution in [-0.4, -0.2) is 33.8 Å². The molecule has 0 bridgehead atoms. The summed E-state index contributed by atoms with van der Waals surface area (Å²) in [6.45, 7) is 1.67. The van der Waals surface area contributed by atoms with Gasteiger partial charge in [-0.25, -0.2) is 10.2 Å². The summed E-state index contributed by atoms with van der Waals surface area (Å²) in [4.78, 5) is 12.2. The lowest BCUT2D eigenvalue weighted by Crippen LogP contribution is -2.43. The highest BCUT2D eigenvalue weighted by molar-refractivity contribution is 8.22. The average Bonchev–Trinajstić information content (AvgIpc) is 2.87. The third kappa shape index (κ3) is 4.13. The highest BCUT2D eigenvalue weighted by Gasteiger charge is 2.21. The summed E-state index contributed by atoms with van der Waals surface area (Å²) in [6.07, 6.45) is 1.82. The van der Waals surface area contributed by atoms with Crippen molar-refractivity contribution in [3.05, 3.63) is 34.0 Å². The molecular weight excluding hydrogens is 391 g/mol. The van der Waals surface area contributed by atoms with Crippen molar-refractivity contribution in [2.45, 2.75) is 6.92 Å². The van der Waals surface area contributed by atoms with Gasteiger partial charge in [0.1, 0.15) is 11.4 Å². The fraction of sp³-hybridized carbons (Fsp3) is 0.214. The number of halogens is 2. The Morgan fingerprint density at radius 1 is 1.38 bits per heavy atom. The first-order chi connectivity index (χ1) is 11.3. The summed E-state index contributed by atoms with van der Waals surface area (Å²) in [6, 6.07) is 4.59. The van der Waals surface area contributed by atoms with E-state index in [0.29, 0.717) is 37.1 Å². The van der Waals surface area contributed by atoms with Gasteiger partial charge >= 0.3 is 6.03 Å². The third-order valence-electron chi connectivity index (χ3n) is 3.02. The lowest BCUT2D eigenvalue weighted by molar-refractivity contribution is 0.237. The molecule has 128 valence electrons. The summed E-state index contributed by atoms with van der Waals surface area (Å²) in [5.74, 6) is 0.422. The fourth-order valence-corrected chi connectivity index (χ4v) is 2.83. The fourth-order valence-electron chi connectivity index (χ4n) is 1.89. The first kappa shape index (κ1) is 18.9. The van der Waals surface area contributed by atoms with Crippen molar-refractivity contribution in [1.29, 1.82) is 0 Å². The van der Waals surface area contributed by atoms with Gasteiger partial charge in [0.2, 0.25) is 0 Å². The number of amides is 2. The normalized spacial score (nSPS) is 10.4. The van der Waals surface area contributed by atoms with Crippen molar-refractivity contribution in [3.63, 3.8) is 0 Å². The number of hydrazine groups is 1. The predicted octanol–water partition coefficient (Wildman–Crippen LogP) is 4.57. The van der Waals surface area contributed by atoms with Crippen molar-refractivity contribution in [2.24, 2.45) is 0 Å². The molecule has 0 saturated heterocycles. The Morgan fingerprint density at radius 3 is 2.58 bits per heavy atom. The topological polar surface area (TPSA) is 70.4 Å². The Balaban J connectivity index is 2.28. The van der Waals surface area contributed by atoms with E-state index in [1.807, 2.05) is 6.26 Å². The standard InChI is InChI=1S/C14H14Cl2N4O2S2/c1-7-11(17-13(21)18-20(2)14(23)24-3)12(19-22-7)10-8(15)5-4-6-9(10)16/h4-6H,1-3H3,(H2,17,18,21). The lowest BCUT2D eigenvalue weighted by Gasteiger charge is -2.19. The van der Waals surface area contributed by atoms with Crippen LogP contribution in [0.5, 0.6) is 0 Å². The molecule has 0 aliphatic rings. The number of thioether (sulfide) groups is 1. The molecule has 0 aliphatic carbocycles. The van der Waals surface area contributed by atoms with Gasteiger partial charge in [-0.2, -0.15) is 0 Å². The number of thiocarbonyl (C=S) groups is 1. The van der Waals surface area contributed by atoms with E-state index < -0.39 is 6.03 Å². The van der Waals surface area contributed by atoms with E-state index in [1.165, 1.54) is 16.8 Å². The number of aryl methyl sites for hydroxylation is 1. The minimum atomic E-state index is -0.496. The quantitative estimate of drug-likeness (QED) is 0.563. The zero-order valence-electron chi connectivity index (χ0n) is 13.0. The van der Waals surface area contributed by atoms with Crippen LogP contribution in [0.2, 0.25) is 10.0 Å². The molecule has 0 atom stereocenters. The molecule has 0 aliphatic heterocycles. The van der Waals surface area contributed by atoms with Crippen LogP contribution in [0.1, 0.15) is 5.76 Å². The van der Waals surface area contributed by atoms with Gasteiger partial charge in [-0.1, -0.05) is 58.4 Å². The minimum Gasteiger partial charge on any atom is -0.359 e. The molecule has 2 aromatic rings. The maximum atomic E-state index is 12.2. The van der Waals surface area contributed by atoms with E-state index in [9.17, 15) is 4.79 Å². The highest BCUT2D eigenvalue weighted by atomic mass is 35.5. The number of carbonyl (C=O) groups excluding carboxylic acids is 1. The number of rotatable bonds is 2. The molecule has 6 nitrogen and oxygen atoms in total. The molecule has 2 rings (SSSR count). The van der Waals surface area contributed by atoms with Crippen LogP contribution >= 0.6 is 47.2 Å². The molecule has 0 radical (unpaired) electrons. The Bertz CT molecular complexity index is 762. The number of hydrogen-bond donors (Lipinski definition) is 2. The molecule has 1 aromatic heterocycles. The van der Waals surface area contributed by atoms with Crippen LogP contribution in [0.25, 0.3) is 11.3 Å². The molecule has 2 amide bonds. The zero-order valence-corrected chi connectivity index (χ0v) is 16.2. The van der Waals surface area contributed by atoms with Crippen LogP contribution in [0.4, 0.5) is 10.5 Å². The lowest BCUT2D eigenvalue weighted by atomic mass is 10.1. The molecule has 1 aromatic carbocycles. The van der Waals surface area contributed by atoms with Gasteiger partial charge < -0.3 is 9.84 Å². The molecule has 0 fully saturated rings. The van der Waals surface area contributed by atoms with E-state index in [1.54, 1.807) is 32.2 Å². The molecular formula is C14H14Cl2N4O2S2. The van der Waals surface area contributed by atoms with Crippen molar-refractivity contribution in [1.82, 2.24) is 15.6 Å². The minimum absolute atomic E-state index is 0.355. The van der Waals surface area contributed by atoms with Crippen molar-refractivity contribution >= 4 is 63.2 Å². The largest absolute Gasteiger partial charge is 0.359 e. The van der Waals surface area contributed by atoms with E-state index in [0.717, 1.165) is 0 Å². The first-order valence-electron chi connectivity index (χ1n) is 6.65. The summed E-state index contributed by atoms with van der Waals surface area (Å²) >= 11 is 18.8. The second-order valence-corrected chi connectivity index (χ2v) is 6.91. The second kappa shape index (κ2) is 8.06. The summed E-state index contributed by atoms with van der Waals surface area (Å²) < 4.78 is 5.70. The average molecular weight is 405 g/mol. The van der Waals surface area contributed by atoms with Crippen molar-refractivity contribution in [2.75, 3.05) is 18.6 Å². The number of urea groups is 1. The molecule has 10 heteroatoms. The number of aromatic nitrogens is 1. The maximum absolute atomic E-state index is 12.2. The van der Waals surface area contributed by atoms with E-state index in [4.69, 9.17) is 39.9 Å². The Kier molecular flexibility index (Phi) is 6.34. The monoisotopic (exact) mass is 404 g/mol. The molecule has 1 heterocycles. The van der Waals surface area contributed by atoms with Gasteiger partial charge in [0.15, 0.2) is 10.1 Å². The Labute approximate surface area is 158 Å². The predicted molar refractivity (Wildman–Crippen MR) is 103 cm³/mol. The number of carbonyl (C=O) groups is 1. The highest BCUT2D eigenvalue weighted by Crippen LogP contribution is 2.39. The molecule has 0 unspecified atom stereocenters. The molecule has 24 heavy (non-hydrogen) atoms. The second-order valence-electron chi connectivity index (χ2n) is 4.65. The van der Waals surface area contributed by atoms with Gasteiger partial charge in [-0.15, -0.1) is 0 Å². The van der Waals surface area contributed by atoms with Crippen LogP contribution in [0.3, 0.4) is 0 Å². The van der Waals surface area contributed by atoms with Gasteiger partial charge in [0.05, 0.1) is 10.0 Å². The number of hydrogen-bond acceptors (Lipinski definition) is 5. The summed E-state index contributed by atoms with van der Waals surface area (Å²) in [5, 5.41) is 8.89. The van der Waals surface area contributed by atoms with Crippen LogP contribution in [0, 0.1) is 6.92 Å². The third-order valence-corrected chi connectivity index (χ3v) is 5.05. The Hall–Kier alpha value is -1.48. The van der Waals surface area contributed by atoms with Gasteiger partial charge in [0, 0.05) is 12.6 Å². The van der Waals surface area contributed by atoms with Crippen molar-refractivity contribution < 1.29 is 9.32 Å². The molecule has 2 N–H and O–H groups in total. The number of benzene rings is 1. The Morgan fingerprint density at radius 2 is 2.00 bits per heavy atom. The molecule has 0 saturated carbocycles. The summed E-state index contributed by atoms with van der Waals surface area (Å²) in [5.41, 5.74) is 3.81. The number of anilines is 1. The van der Waals surface area contributed by atoms with E-state index >= 15 is 0 Å². The van der Waals surface area contributed by atoms with Crippen LogP contribution < -0.4 is 10.7 Å². The van der Waals surface area contributed by atoms with Crippen LogP contribution in [0.15, 0.2) is 22.7 Å². The summed E-state index contributed by atoms with van der Waals surface area (Å²) in [7, 11) is 1.64. The van der Waals surface area contributed by atoms with E-state index in [2.05, 4.69) is 15.9 Å².